The molecule has 0 spiro atoms. The Morgan fingerprint density at radius 2 is 2.11 bits per heavy atom. The number of hydrogen-bond acceptors (Lipinski definition) is 5. The molecular formula is C13H26N2O3. The molecule has 18 heavy (non-hydrogen) atoms. The van der Waals surface area contributed by atoms with Crippen LogP contribution in [0.2, 0.25) is 0 Å². The van der Waals surface area contributed by atoms with Crippen molar-refractivity contribution in [3.8, 4) is 0 Å². The zero-order chi connectivity index (χ0) is 13.1. The van der Waals surface area contributed by atoms with Gasteiger partial charge in [0, 0.05) is 38.2 Å². The molecule has 0 aromatic carbocycles. The lowest BCUT2D eigenvalue weighted by molar-refractivity contribution is -0.0488. The Labute approximate surface area is 109 Å². The average molecular weight is 258 g/mol. The lowest BCUT2D eigenvalue weighted by atomic mass is 9.98. The van der Waals surface area contributed by atoms with Crippen molar-refractivity contribution in [3.63, 3.8) is 0 Å². The molecule has 2 aliphatic rings. The van der Waals surface area contributed by atoms with Crippen molar-refractivity contribution in [2.75, 3.05) is 46.9 Å². The van der Waals surface area contributed by atoms with E-state index in [-0.39, 0.29) is 18.1 Å². The lowest BCUT2D eigenvalue weighted by Gasteiger charge is -2.34. The fourth-order valence-corrected chi connectivity index (χ4v) is 3.05. The van der Waals surface area contributed by atoms with Crippen molar-refractivity contribution in [3.05, 3.63) is 0 Å². The average Bonchev–Trinajstić information content (AvgIpc) is 2.61. The number of ether oxygens (including phenoxy) is 1. The van der Waals surface area contributed by atoms with E-state index in [4.69, 9.17) is 4.74 Å². The number of aliphatic hydroxyl groups excluding tert-OH is 2. The van der Waals surface area contributed by atoms with Gasteiger partial charge in [0.15, 0.2) is 0 Å². The van der Waals surface area contributed by atoms with Crippen LogP contribution in [0.3, 0.4) is 0 Å². The molecule has 0 saturated carbocycles. The molecule has 2 heterocycles. The molecule has 5 nitrogen and oxygen atoms in total. The zero-order valence-corrected chi connectivity index (χ0v) is 11.5. The van der Waals surface area contributed by atoms with Crippen molar-refractivity contribution in [2.24, 2.45) is 5.92 Å². The minimum absolute atomic E-state index is 0.189. The second-order valence-electron chi connectivity index (χ2n) is 5.95. The normalized spacial score (nSPS) is 38.5. The largest absolute Gasteiger partial charge is 0.393 e. The van der Waals surface area contributed by atoms with E-state index in [9.17, 15) is 10.2 Å². The van der Waals surface area contributed by atoms with Crippen LogP contribution >= 0.6 is 0 Å². The van der Waals surface area contributed by atoms with Crippen LogP contribution in [0.5, 0.6) is 0 Å². The van der Waals surface area contributed by atoms with Gasteiger partial charge < -0.3 is 19.8 Å². The van der Waals surface area contributed by atoms with E-state index in [2.05, 4.69) is 23.9 Å². The van der Waals surface area contributed by atoms with E-state index in [1.54, 1.807) is 0 Å². The standard InChI is InChI=1S/C13H26N2O3/c1-14(2)7-11-5-12(16)8-15(11)6-10-9-18-4-3-13(10)17/h10-13,16-17H,3-9H2,1-2H3. The first-order valence-corrected chi connectivity index (χ1v) is 6.89. The van der Waals surface area contributed by atoms with Crippen LogP contribution in [0.15, 0.2) is 0 Å². The molecule has 0 bridgehead atoms. The van der Waals surface area contributed by atoms with Gasteiger partial charge in [-0.15, -0.1) is 0 Å². The molecule has 5 heteroatoms. The van der Waals surface area contributed by atoms with E-state index in [0.717, 1.165) is 32.5 Å². The SMILES string of the molecule is CN(C)CC1CC(O)CN1CC1COCCC1O. The molecule has 4 atom stereocenters. The lowest BCUT2D eigenvalue weighted by Crippen LogP contribution is -2.45. The molecule has 0 amide bonds. The van der Waals surface area contributed by atoms with E-state index >= 15 is 0 Å². The predicted octanol–water partition coefficient (Wildman–Crippen LogP) is -0.619. The minimum atomic E-state index is -0.253. The summed E-state index contributed by atoms with van der Waals surface area (Å²) in [6.07, 6.45) is 1.09. The topological polar surface area (TPSA) is 56.2 Å². The number of rotatable bonds is 4. The summed E-state index contributed by atoms with van der Waals surface area (Å²) in [4.78, 5) is 4.47. The summed E-state index contributed by atoms with van der Waals surface area (Å²) >= 11 is 0. The van der Waals surface area contributed by atoms with Crippen molar-refractivity contribution in [1.29, 1.82) is 0 Å². The second-order valence-corrected chi connectivity index (χ2v) is 5.95. The third-order valence-corrected chi connectivity index (χ3v) is 3.98. The quantitative estimate of drug-likeness (QED) is 0.704. The van der Waals surface area contributed by atoms with Gasteiger partial charge in [-0.2, -0.15) is 0 Å². The fourth-order valence-electron chi connectivity index (χ4n) is 3.05. The summed E-state index contributed by atoms with van der Waals surface area (Å²) < 4.78 is 5.45. The number of aliphatic hydroxyl groups is 2. The second kappa shape index (κ2) is 6.30. The number of β-amino-alcohol motifs (C(OH)–C–C–N with tert-alkyl or cyclic N) is 1. The molecule has 2 saturated heterocycles. The summed E-state index contributed by atoms with van der Waals surface area (Å²) in [6.45, 7) is 3.82. The third kappa shape index (κ3) is 3.65. The first-order chi connectivity index (χ1) is 8.56. The summed E-state index contributed by atoms with van der Waals surface area (Å²) in [7, 11) is 4.11. The predicted molar refractivity (Wildman–Crippen MR) is 69.5 cm³/mol. The first kappa shape index (κ1) is 14.2. The van der Waals surface area contributed by atoms with Gasteiger partial charge in [0.05, 0.1) is 18.8 Å². The molecule has 0 aliphatic carbocycles. The van der Waals surface area contributed by atoms with Crippen LogP contribution in [-0.4, -0.2) is 85.2 Å². The van der Waals surface area contributed by atoms with Gasteiger partial charge in [0.25, 0.3) is 0 Å². The van der Waals surface area contributed by atoms with Crippen molar-refractivity contribution in [1.82, 2.24) is 9.80 Å². The van der Waals surface area contributed by atoms with Gasteiger partial charge in [-0.1, -0.05) is 0 Å². The highest BCUT2D eigenvalue weighted by Crippen LogP contribution is 2.23. The Bertz CT molecular complexity index is 263. The van der Waals surface area contributed by atoms with E-state index in [1.807, 2.05) is 0 Å². The Balaban J connectivity index is 1.89. The van der Waals surface area contributed by atoms with Crippen molar-refractivity contribution >= 4 is 0 Å². The summed E-state index contributed by atoms with van der Waals surface area (Å²) in [5.74, 6) is 0.189. The Morgan fingerprint density at radius 3 is 2.78 bits per heavy atom. The van der Waals surface area contributed by atoms with Gasteiger partial charge in [0.2, 0.25) is 0 Å². The molecule has 2 N–H and O–H groups in total. The summed E-state index contributed by atoms with van der Waals surface area (Å²) in [5, 5.41) is 19.8. The van der Waals surface area contributed by atoms with E-state index in [0.29, 0.717) is 19.3 Å². The molecule has 106 valence electrons. The Morgan fingerprint density at radius 1 is 1.33 bits per heavy atom. The van der Waals surface area contributed by atoms with Crippen LogP contribution in [0.1, 0.15) is 12.8 Å². The van der Waals surface area contributed by atoms with Crippen molar-refractivity contribution < 1.29 is 14.9 Å². The molecule has 0 radical (unpaired) electrons. The number of likely N-dealkylation sites (tertiary alicyclic amines) is 1. The summed E-state index contributed by atoms with van der Waals surface area (Å²) in [6, 6.07) is 0.393. The van der Waals surface area contributed by atoms with Crippen LogP contribution < -0.4 is 0 Å². The van der Waals surface area contributed by atoms with Crippen LogP contribution in [-0.2, 0) is 4.74 Å². The molecule has 2 rings (SSSR count). The van der Waals surface area contributed by atoms with Gasteiger partial charge in [-0.05, 0) is 26.9 Å². The molecule has 0 aromatic heterocycles. The molecular weight excluding hydrogens is 232 g/mol. The maximum Gasteiger partial charge on any atom is 0.0682 e. The highest BCUT2D eigenvalue weighted by molar-refractivity contribution is 4.89. The molecule has 2 aliphatic heterocycles. The minimum Gasteiger partial charge on any atom is -0.393 e. The summed E-state index contributed by atoms with van der Waals surface area (Å²) in [5.41, 5.74) is 0. The number of likely N-dealkylation sites (N-methyl/N-ethyl adjacent to an activating group) is 1. The number of hydrogen-bond donors (Lipinski definition) is 2. The fraction of sp³-hybridized carbons (Fsp3) is 1.00. The van der Waals surface area contributed by atoms with Crippen LogP contribution in [0.25, 0.3) is 0 Å². The van der Waals surface area contributed by atoms with Crippen LogP contribution in [0, 0.1) is 5.92 Å². The molecule has 4 unspecified atom stereocenters. The van der Waals surface area contributed by atoms with Crippen LogP contribution in [0.4, 0.5) is 0 Å². The Kier molecular flexibility index (Phi) is 4.98. The number of nitrogens with zero attached hydrogens (tertiary/aromatic N) is 2. The van der Waals surface area contributed by atoms with Crippen molar-refractivity contribution in [2.45, 2.75) is 31.1 Å². The van der Waals surface area contributed by atoms with Gasteiger partial charge in [-0.25, -0.2) is 0 Å². The maximum absolute atomic E-state index is 9.98. The van der Waals surface area contributed by atoms with E-state index in [1.165, 1.54) is 0 Å². The van der Waals surface area contributed by atoms with Gasteiger partial charge in [-0.3, -0.25) is 4.90 Å². The zero-order valence-electron chi connectivity index (χ0n) is 11.5. The molecule has 2 fully saturated rings. The highest BCUT2D eigenvalue weighted by Gasteiger charge is 2.34. The Hall–Kier alpha value is -0.200. The first-order valence-electron chi connectivity index (χ1n) is 6.89. The maximum atomic E-state index is 9.98. The smallest absolute Gasteiger partial charge is 0.0682 e. The van der Waals surface area contributed by atoms with Gasteiger partial charge >= 0.3 is 0 Å². The van der Waals surface area contributed by atoms with E-state index < -0.39 is 0 Å². The van der Waals surface area contributed by atoms with Gasteiger partial charge in [0.1, 0.15) is 0 Å². The highest BCUT2D eigenvalue weighted by atomic mass is 16.5. The molecule has 0 aromatic rings. The monoisotopic (exact) mass is 258 g/mol. The third-order valence-electron chi connectivity index (χ3n) is 3.98.